The number of nitrogens with zero attached hydrogens (tertiary/aromatic N) is 1. The molecule has 5 nitrogen and oxygen atoms in total. The van der Waals surface area contributed by atoms with E-state index in [0.29, 0.717) is 11.4 Å². The Balaban J connectivity index is 2.05. The number of nitrogens with one attached hydrogen (secondary N) is 2. The highest BCUT2D eigenvalue weighted by molar-refractivity contribution is 6.32. The number of ether oxygens (including phenoxy) is 1. The largest absolute Gasteiger partial charge is 0.497 e. The number of methoxy groups -OCH3 is 1. The van der Waals surface area contributed by atoms with Crippen molar-refractivity contribution in [1.29, 1.82) is 0 Å². The van der Waals surface area contributed by atoms with Gasteiger partial charge in [0.15, 0.2) is 5.82 Å². The van der Waals surface area contributed by atoms with Crippen LogP contribution in [0.5, 0.6) is 5.75 Å². The molecule has 0 fully saturated rings. The number of hydrogen-bond acceptors (Lipinski definition) is 3. The van der Waals surface area contributed by atoms with E-state index in [1.807, 2.05) is 6.92 Å². The molecular weight excluding hydrogens is 266 g/mol. The van der Waals surface area contributed by atoms with E-state index in [4.69, 9.17) is 16.3 Å². The van der Waals surface area contributed by atoms with Crippen LogP contribution in [0.2, 0.25) is 0 Å². The molecule has 0 radical (unpaired) electrons. The molecule has 0 spiro atoms. The lowest BCUT2D eigenvalue weighted by Gasteiger charge is -2.09. The van der Waals surface area contributed by atoms with Gasteiger partial charge >= 0.3 is 0 Å². The van der Waals surface area contributed by atoms with Crippen LogP contribution >= 0.6 is 11.6 Å². The van der Waals surface area contributed by atoms with Gasteiger partial charge < -0.3 is 10.1 Å². The zero-order valence-electron chi connectivity index (χ0n) is 10.6. The number of H-pyrrole nitrogens is 1. The van der Waals surface area contributed by atoms with Crippen LogP contribution in [0.4, 0.5) is 5.82 Å². The van der Waals surface area contributed by atoms with E-state index in [-0.39, 0.29) is 5.91 Å². The molecule has 1 amide bonds. The van der Waals surface area contributed by atoms with Gasteiger partial charge in [0.1, 0.15) is 11.1 Å². The van der Waals surface area contributed by atoms with Crippen molar-refractivity contribution in [2.75, 3.05) is 12.4 Å². The summed E-state index contributed by atoms with van der Waals surface area (Å²) in [5, 5.41) is 8.54. The van der Waals surface area contributed by atoms with Gasteiger partial charge in [-0.2, -0.15) is 5.10 Å². The predicted molar refractivity (Wildman–Crippen MR) is 73.5 cm³/mol. The molecule has 1 unspecified atom stereocenters. The fourth-order valence-corrected chi connectivity index (χ4v) is 1.80. The van der Waals surface area contributed by atoms with E-state index < -0.39 is 5.38 Å². The van der Waals surface area contributed by atoms with Crippen molar-refractivity contribution in [2.45, 2.75) is 12.3 Å². The maximum atomic E-state index is 11.9. The van der Waals surface area contributed by atoms with Crippen LogP contribution in [0.25, 0.3) is 0 Å². The smallest absolute Gasteiger partial charge is 0.248 e. The molecule has 2 aromatic rings. The number of aryl methyl sites for hydroxylation is 1. The summed E-state index contributed by atoms with van der Waals surface area (Å²) in [6, 6.07) is 8.76. The third-order valence-corrected chi connectivity index (χ3v) is 3.05. The van der Waals surface area contributed by atoms with E-state index in [2.05, 4.69) is 15.5 Å². The quantitative estimate of drug-likeness (QED) is 0.846. The van der Waals surface area contributed by atoms with Gasteiger partial charge in [0.25, 0.3) is 0 Å². The van der Waals surface area contributed by atoms with Crippen LogP contribution in [0.15, 0.2) is 30.3 Å². The molecule has 1 heterocycles. The van der Waals surface area contributed by atoms with E-state index in [9.17, 15) is 4.79 Å². The Morgan fingerprint density at radius 1 is 1.42 bits per heavy atom. The van der Waals surface area contributed by atoms with Crippen LogP contribution in [-0.2, 0) is 4.79 Å². The summed E-state index contributed by atoms with van der Waals surface area (Å²) in [5.41, 5.74) is 1.57. The SMILES string of the molecule is COc1ccc(C(Cl)C(=O)Nc2cc(C)[nH]n2)cc1. The minimum Gasteiger partial charge on any atom is -0.497 e. The third-order valence-electron chi connectivity index (χ3n) is 2.60. The minimum atomic E-state index is -0.775. The molecule has 0 aliphatic carbocycles. The molecule has 0 aliphatic heterocycles. The Kier molecular flexibility index (Phi) is 4.06. The minimum absolute atomic E-state index is 0.321. The number of carbonyl (C=O) groups excluding carboxylic acids is 1. The molecule has 2 rings (SSSR count). The van der Waals surface area contributed by atoms with Crippen LogP contribution in [-0.4, -0.2) is 23.2 Å². The van der Waals surface area contributed by atoms with Gasteiger partial charge in [-0.3, -0.25) is 9.89 Å². The molecule has 100 valence electrons. The van der Waals surface area contributed by atoms with Gasteiger partial charge in [-0.1, -0.05) is 12.1 Å². The van der Waals surface area contributed by atoms with Gasteiger partial charge in [0, 0.05) is 11.8 Å². The Hall–Kier alpha value is -2.01. The fraction of sp³-hybridized carbons (Fsp3) is 0.231. The lowest BCUT2D eigenvalue weighted by molar-refractivity contribution is -0.116. The van der Waals surface area contributed by atoms with Crippen molar-refractivity contribution in [3.8, 4) is 5.75 Å². The summed E-state index contributed by atoms with van der Waals surface area (Å²) >= 11 is 6.12. The Morgan fingerprint density at radius 2 is 2.11 bits per heavy atom. The lowest BCUT2D eigenvalue weighted by atomic mass is 10.1. The highest BCUT2D eigenvalue weighted by Crippen LogP contribution is 2.24. The number of rotatable bonds is 4. The van der Waals surface area contributed by atoms with Gasteiger partial charge in [0.05, 0.1) is 7.11 Å². The molecule has 0 aliphatic rings. The number of amides is 1. The number of carbonyl (C=O) groups is 1. The molecule has 1 atom stereocenters. The van der Waals surface area contributed by atoms with Crippen LogP contribution in [0.1, 0.15) is 16.6 Å². The van der Waals surface area contributed by atoms with Gasteiger partial charge in [-0.05, 0) is 24.6 Å². The van der Waals surface area contributed by atoms with Crippen LogP contribution in [0, 0.1) is 6.92 Å². The van der Waals surface area contributed by atoms with Crippen molar-refractivity contribution in [2.24, 2.45) is 0 Å². The number of aromatic amines is 1. The van der Waals surface area contributed by atoms with Gasteiger partial charge in [-0.25, -0.2) is 0 Å². The highest BCUT2D eigenvalue weighted by Gasteiger charge is 2.18. The molecule has 0 saturated carbocycles. The number of hydrogen-bond donors (Lipinski definition) is 2. The zero-order chi connectivity index (χ0) is 13.8. The molecule has 2 N–H and O–H groups in total. The van der Waals surface area contributed by atoms with E-state index in [1.54, 1.807) is 37.4 Å². The van der Waals surface area contributed by atoms with Crippen LogP contribution in [0.3, 0.4) is 0 Å². The second-order valence-electron chi connectivity index (χ2n) is 4.06. The maximum Gasteiger partial charge on any atom is 0.248 e. The van der Waals surface area contributed by atoms with Gasteiger partial charge in [0.2, 0.25) is 5.91 Å². The molecule has 0 saturated heterocycles. The molecule has 1 aromatic heterocycles. The monoisotopic (exact) mass is 279 g/mol. The second kappa shape index (κ2) is 5.75. The number of aromatic nitrogens is 2. The number of anilines is 1. The first-order valence-corrected chi connectivity index (χ1v) is 6.14. The molecule has 19 heavy (non-hydrogen) atoms. The van der Waals surface area contributed by atoms with Gasteiger partial charge in [-0.15, -0.1) is 11.6 Å². The maximum absolute atomic E-state index is 11.9. The standard InChI is InChI=1S/C13H14ClN3O2/c1-8-7-11(17-16-8)15-13(18)12(14)9-3-5-10(19-2)6-4-9/h3-7,12H,1-2H3,(H2,15,16,17,18). The van der Waals surface area contributed by atoms with E-state index in [0.717, 1.165) is 11.4 Å². The first-order chi connectivity index (χ1) is 9.10. The Bertz CT molecular complexity index is 566. The predicted octanol–water partition coefficient (Wildman–Crippen LogP) is 2.65. The Labute approximate surface area is 115 Å². The van der Waals surface area contributed by atoms with Crippen molar-refractivity contribution in [1.82, 2.24) is 10.2 Å². The van der Waals surface area contributed by atoms with Crippen molar-refractivity contribution in [3.05, 3.63) is 41.6 Å². The first-order valence-electron chi connectivity index (χ1n) is 5.71. The molecule has 1 aromatic carbocycles. The topological polar surface area (TPSA) is 67.0 Å². The normalized spacial score (nSPS) is 11.9. The third kappa shape index (κ3) is 3.26. The number of alkyl halides is 1. The highest BCUT2D eigenvalue weighted by atomic mass is 35.5. The summed E-state index contributed by atoms with van der Waals surface area (Å²) < 4.78 is 5.05. The summed E-state index contributed by atoms with van der Waals surface area (Å²) in [6.45, 7) is 1.85. The number of benzene rings is 1. The summed E-state index contributed by atoms with van der Waals surface area (Å²) in [4.78, 5) is 11.9. The van der Waals surface area contributed by atoms with Crippen molar-refractivity contribution >= 4 is 23.3 Å². The second-order valence-corrected chi connectivity index (χ2v) is 4.50. The summed E-state index contributed by atoms with van der Waals surface area (Å²) in [5.74, 6) is 0.857. The zero-order valence-corrected chi connectivity index (χ0v) is 11.4. The van der Waals surface area contributed by atoms with E-state index in [1.165, 1.54) is 0 Å². The molecule has 6 heteroatoms. The van der Waals surface area contributed by atoms with Crippen LogP contribution < -0.4 is 10.1 Å². The first kappa shape index (κ1) is 13.4. The van der Waals surface area contributed by atoms with E-state index >= 15 is 0 Å². The summed E-state index contributed by atoms with van der Waals surface area (Å²) in [6.07, 6.45) is 0. The average Bonchev–Trinajstić information content (AvgIpc) is 2.83. The van der Waals surface area contributed by atoms with Crippen molar-refractivity contribution < 1.29 is 9.53 Å². The fourth-order valence-electron chi connectivity index (χ4n) is 1.60. The molecule has 0 bridgehead atoms. The average molecular weight is 280 g/mol. The summed E-state index contributed by atoms with van der Waals surface area (Å²) in [7, 11) is 1.58. The van der Waals surface area contributed by atoms with Crippen molar-refractivity contribution in [3.63, 3.8) is 0 Å². The Morgan fingerprint density at radius 3 is 2.63 bits per heavy atom. The lowest BCUT2D eigenvalue weighted by Crippen LogP contribution is -2.17. The molecular formula is C13H14ClN3O2. The number of halogens is 1.